The van der Waals surface area contributed by atoms with Crippen LogP contribution >= 0.6 is 0 Å². The zero-order valence-electron chi connectivity index (χ0n) is 11.3. The van der Waals surface area contributed by atoms with Crippen molar-refractivity contribution in [3.05, 3.63) is 23.8 Å². The van der Waals surface area contributed by atoms with Crippen molar-refractivity contribution >= 4 is 23.0 Å². The van der Waals surface area contributed by atoms with Gasteiger partial charge in [-0.25, -0.2) is 13.8 Å². The van der Waals surface area contributed by atoms with Crippen molar-refractivity contribution in [1.82, 2.24) is 9.55 Å². The molecule has 0 radical (unpaired) electrons. The number of benzene rings is 1. The molecular weight excluding hydrogens is 280 g/mol. The number of nitrogens with two attached hydrogens (primary N) is 1. The molecule has 1 aliphatic carbocycles. The lowest BCUT2D eigenvalue weighted by molar-refractivity contribution is -0.149. The Morgan fingerprint density at radius 1 is 1.33 bits per heavy atom. The van der Waals surface area contributed by atoms with E-state index in [0.29, 0.717) is 0 Å². The van der Waals surface area contributed by atoms with Crippen LogP contribution in [0.2, 0.25) is 0 Å². The highest BCUT2D eigenvalue weighted by Gasteiger charge is 2.21. The van der Waals surface area contributed by atoms with Crippen LogP contribution in [0.1, 0.15) is 25.7 Å². The van der Waals surface area contributed by atoms with Crippen LogP contribution in [0.3, 0.4) is 0 Å². The molecule has 1 saturated carbocycles. The highest BCUT2D eigenvalue weighted by Crippen LogP contribution is 2.23. The zero-order chi connectivity index (χ0) is 15.0. The number of hydrogen-bond acceptors (Lipinski definition) is 4. The zero-order valence-corrected chi connectivity index (χ0v) is 11.3. The number of nitrogens with zero attached hydrogens (tertiary/aromatic N) is 2. The maximum absolute atomic E-state index is 13.3. The Bertz CT molecular complexity index is 693. The van der Waals surface area contributed by atoms with E-state index in [2.05, 4.69) is 4.98 Å². The van der Waals surface area contributed by atoms with Crippen molar-refractivity contribution in [1.29, 1.82) is 0 Å². The first-order valence-electron chi connectivity index (χ1n) is 6.85. The summed E-state index contributed by atoms with van der Waals surface area (Å²) in [5.41, 5.74) is 6.19. The van der Waals surface area contributed by atoms with Crippen molar-refractivity contribution in [2.24, 2.45) is 0 Å². The number of fused-ring (bicyclic) bond motifs is 1. The number of rotatable bonds is 3. The number of halogens is 2. The van der Waals surface area contributed by atoms with E-state index >= 15 is 0 Å². The smallest absolute Gasteiger partial charge is 0.326 e. The van der Waals surface area contributed by atoms with Gasteiger partial charge < -0.3 is 10.5 Å². The first-order chi connectivity index (χ1) is 10.0. The van der Waals surface area contributed by atoms with Crippen molar-refractivity contribution in [3.63, 3.8) is 0 Å². The number of ether oxygens (including phenoxy) is 1. The Morgan fingerprint density at radius 2 is 2.00 bits per heavy atom. The number of carbonyl (C=O) groups is 1. The van der Waals surface area contributed by atoms with E-state index in [-0.39, 0.29) is 29.6 Å². The van der Waals surface area contributed by atoms with Crippen molar-refractivity contribution < 1.29 is 18.3 Å². The molecule has 1 aromatic carbocycles. The summed E-state index contributed by atoms with van der Waals surface area (Å²) >= 11 is 0. The molecule has 5 nitrogen and oxygen atoms in total. The Morgan fingerprint density at radius 3 is 2.71 bits per heavy atom. The lowest BCUT2D eigenvalue weighted by atomic mass is 10.3. The van der Waals surface area contributed by atoms with Crippen LogP contribution in [-0.2, 0) is 16.1 Å². The summed E-state index contributed by atoms with van der Waals surface area (Å²) < 4.78 is 33.2. The molecular formula is C14H15F2N3O2. The van der Waals surface area contributed by atoms with E-state index in [9.17, 15) is 13.6 Å². The summed E-state index contributed by atoms with van der Waals surface area (Å²) in [5, 5.41) is 0. The highest BCUT2D eigenvalue weighted by molar-refractivity contribution is 5.81. The van der Waals surface area contributed by atoms with E-state index in [1.54, 1.807) is 0 Å². The number of anilines is 1. The number of hydrogen-bond donors (Lipinski definition) is 1. The average Bonchev–Trinajstić information content (AvgIpc) is 3.01. The van der Waals surface area contributed by atoms with Gasteiger partial charge in [0, 0.05) is 12.1 Å². The molecule has 1 heterocycles. The molecule has 21 heavy (non-hydrogen) atoms. The first kappa shape index (κ1) is 13.8. The maximum atomic E-state index is 13.3. The van der Waals surface area contributed by atoms with Gasteiger partial charge in [0.25, 0.3) is 0 Å². The predicted octanol–water partition coefficient (Wildman–Crippen LogP) is 2.38. The first-order valence-corrected chi connectivity index (χ1v) is 6.85. The van der Waals surface area contributed by atoms with E-state index in [4.69, 9.17) is 10.5 Å². The summed E-state index contributed by atoms with van der Waals surface area (Å²) in [6.45, 7) is -0.163. The van der Waals surface area contributed by atoms with Crippen LogP contribution in [0, 0.1) is 11.6 Å². The lowest BCUT2D eigenvalue weighted by Gasteiger charge is -2.12. The van der Waals surface area contributed by atoms with Gasteiger partial charge in [-0.1, -0.05) is 0 Å². The minimum absolute atomic E-state index is 0.0263. The topological polar surface area (TPSA) is 70.1 Å². The third kappa shape index (κ3) is 2.68. The molecule has 2 aromatic rings. The number of imidazole rings is 1. The summed E-state index contributed by atoms with van der Waals surface area (Å²) in [7, 11) is 0. The largest absolute Gasteiger partial charge is 0.461 e. The van der Waals surface area contributed by atoms with Crippen LogP contribution in [0.15, 0.2) is 12.1 Å². The molecule has 0 aliphatic heterocycles. The maximum Gasteiger partial charge on any atom is 0.326 e. The second-order valence-corrected chi connectivity index (χ2v) is 5.21. The Kier molecular flexibility index (Phi) is 3.48. The van der Waals surface area contributed by atoms with Gasteiger partial charge >= 0.3 is 5.97 Å². The number of carbonyl (C=O) groups excluding carboxylic acids is 1. The van der Waals surface area contributed by atoms with Crippen LogP contribution in [0.5, 0.6) is 0 Å². The molecule has 112 valence electrons. The van der Waals surface area contributed by atoms with Crippen molar-refractivity contribution in [3.8, 4) is 0 Å². The third-order valence-electron chi connectivity index (χ3n) is 3.71. The highest BCUT2D eigenvalue weighted by atomic mass is 19.2. The van der Waals surface area contributed by atoms with Gasteiger partial charge in [0.15, 0.2) is 11.6 Å². The lowest BCUT2D eigenvalue weighted by Crippen LogP contribution is -2.20. The standard InChI is InChI=1S/C14H15F2N3O2/c15-9-5-11-12(6-10(9)16)19(14(17)18-11)7-13(20)21-8-3-1-2-4-8/h5-6,8H,1-4,7H2,(H2,17,18). The monoisotopic (exact) mass is 295 g/mol. The molecule has 1 aromatic heterocycles. The Balaban J connectivity index is 1.84. The second-order valence-electron chi connectivity index (χ2n) is 5.21. The van der Waals surface area contributed by atoms with Crippen LogP contribution in [0.4, 0.5) is 14.7 Å². The minimum atomic E-state index is -1.01. The average molecular weight is 295 g/mol. The van der Waals surface area contributed by atoms with Gasteiger partial charge in [-0.2, -0.15) is 0 Å². The van der Waals surface area contributed by atoms with Crippen molar-refractivity contribution in [2.75, 3.05) is 5.73 Å². The Labute approximate surface area is 119 Å². The SMILES string of the molecule is Nc1nc2cc(F)c(F)cc2n1CC(=O)OC1CCCC1. The van der Waals surface area contributed by atoms with Gasteiger partial charge in [0.2, 0.25) is 5.95 Å². The quantitative estimate of drug-likeness (QED) is 0.883. The van der Waals surface area contributed by atoms with E-state index < -0.39 is 17.6 Å². The summed E-state index contributed by atoms with van der Waals surface area (Å²) in [6, 6.07) is 1.94. The fourth-order valence-electron chi connectivity index (χ4n) is 2.66. The van der Waals surface area contributed by atoms with Crippen LogP contribution < -0.4 is 5.73 Å². The molecule has 0 unspecified atom stereocenters. The summed E-state index contributed by atoms with van der Waals surface area (Å²) in [4.78, 5) is 15.8. The minimum Gasteiger partial charge on any atom is -0.461 e. The molecule has 2 N–H and O–H groups in total. The summed E-state index contributed by atoms with van der Waals surface area (Å²) in [6.07, 6.45) is 3.79. The number of aromatic nitrogens is 2. The van der Waals surface area contributed by atoms with E-state index in [0.717, 1.165) is 37.8 Å². The van der Waals surface area contributed by atoms with Crippen LogP contribution in [0.25, 0.3) is 11.0 Å². The number of esters is 1. The molecule has 7 heteroatoms. The second kappa shape index (κ2) is 5.31. The molecule has 0 atom stereocenters. The van der Waals surface area contributed by atoms with Gasteiger partial charge in [-0.15, -0.1) is 0 Å². The van der Waals surface area contributed by atoms with Gasteiger partial charge in [-0.05, 0) is 25.7 Å². The predicted molar refractivity (Wildman–Crippen MR) is 72.4 cm³/mol. The molecule has 1 aliphatic rings. The molecule has 0 spiro atoms. The van der Waals surface area contributed by atoms with E-state index in [1.807, 2.05) is 0 Å². The van der Waals surface area contributed by atoms with Gasteiger partial charge in [-0.3, -0.25) is 9.36 Å². The van der Waals surface area contributed by atoms with Crippen LogP contribution in [-0.4, -0.2) is 21.6 Å². The van der Waals surface area contributed by atoms with Gasteiger partial charge in [0.05, 0.1) is 11.0 Å². The molecule has 3 rings (SSSR count). The molecule has 0 saturated heterocycles. The molecule has 0 amide bonds. The number of nitrogen functional groups attached to an aromatic ring is 1. The van der Waals surface area contributed by atoms with Crippen molar-refractivity contribution in [2.45, 2.75) is 38.3 Å². The van der Waals surface area contributed by atoms with E-state index in [1.165, 1.54) is 4.57 Å². The fraction of sp³-hybridized carbons (Fsp3) is 0.429. The normalized spacial score (nSPS) is 15.7. The molecule has 0 bridgehead atoms. The Hall–Kier alpha value is -2.18. The fourth-order valence-corrected chi connectivity index (χ4v) is 2.66. The van der Waals surface area contributed by atoms with Gasteiger partial charge in [0.1, 0.15) is 12.6 Å². The third-order valence-corrected chi connectivity index (χ3v) is 3.71. The molecule has 1 fully saturated rings. The summed E-state index contributed by atoms with van der Waals surface area (Å²) in [5.74, 6) is -2.43.